The lowest BCUT2D eigenvalue weighted by molar-refractivity contribution is 0.0962. The maximum atomic E-state index is 12.9. The van der Waals surface area contributed by atoms with Crippen molar-refractivity contribution >= 4 is 33.4 Å². The molecule has 0 radical (unpaired) electrons. The van der Waals surface area contributed by atoms with Crippen molar-refractivity contribution in [1.29, 1.82) is 0 Å². The number of nitrogens with zero attached hydrogens (tertiary/aromatic N) is 2. The van der Waals surface area contributed by atoms with Crippen molar-refractivity contribution in [3.05, 3.63) is 72.3 Å². The van der Waals surface area contributed by atoms with E-state index < -0.39 is 0 Å². The van der Waals surface area contributed by atoms with Gasteiger partial charge in [-0.2, -0.15) is 0 Å². The average molecular weight is 415 g/mol. The molecular weight excluding hydrogens is 388 g/mol. The summed E-state index contributed by atoms with van der Waals surface area (Å²) >= 11 is 0. The molecule has 0 N–H and O–H groups in total. The number of anilines is 1. The summed E-state index contributed by atoms with van der Waals surface area (Å²) in [5.41, 5.74) is 3.58. The lowest BCUT2D eigenvalue weighted by atomic mass is 10.0. The number of para-hydroxylation sites is 3. The predicted molar refractivity (Wildman–Crippen MR) is 124 cm³/mol. The first-order valence-electron chi connectivity index (χ1n) is 10.8. The Hall–Kier alpha value is -3.31. The van der Waals surface area contributed by atoms with E-state index in [1.54, 1.807) is 7.11 Å². The average Bonchev–Trinajstić information content (AvgIpc) is 3.21. The smallest absolute Gasteiger partial charge is 0.164 e. The van der Waals surface area contributed by atoms with Crippen LogP contribution in [0.1, 0.15) is 16.8 Å². The van der Waals surface area contributed by atoms with Crippen LogP contribution in [0.4, 0.5) is 5.69 Å². The highest BCUT2D eigenvalue weighted by Gasteiger charge is 2.20. The highest BCUT2D eigenvalue weighted by atomic mass is 16.5. The predicted octanol–water partition coefficient (Wildman–Crippen LogP) is 4.99. The number of fused-ring (bicyclic) bond motifs is 3. The molecule has 2 heterocycles. The molecule has 3 aromatic carbocycles. The molecule has 0 spiro atoms. The van der Waals surface area contributed by atoms with Crippen molar-refractivity contribution < 1.29 is 13.9 Å². The Labute approximate surface area is 181 Å². The van der Waals surface area contributed by atoms with Gasteiger partial charge >= 0.3 is 0 Å². The number of carbonyl (C=O) groups is 1. The number of carbonyl (C=O) groups excluding carboxylic acids is 1. The molecule has 1 aliphatic heterocycles. The zero-order valence-corrected chi connectivity index (χ0v) is 17.7. The van der Waals surface area contributed by atoms with Crippen molar-refractivity contribution in [1.82, 2.24) is 4.90 Å². The Morgan fingerprint density at radius 2 is 1.65 bits per heavy atom. The standard InChI is InChI=1S/C26H26N2O3/c1-30-26-9-5-3-7-22(26)28-16-14-27(15-17-28)13-12-23(29)19-10-11-25-21(18-19)20-6-2-4-8-24(20)31-25/h2-11,18H,12-17H2,1H3. The summed E-state index contributed by atoms with van der Waals surface area (Å²) in [5, 5.41) is 2.06. The first-order valence-corrected chi connectivity index (χ1v) is 10.8. The van der Waals surface area contributed by atoms with Gasteiger partial charge in [-0.1, -0.05) is 30.3 Å². The van der Waals surface area contributed by atoms with Gasteiger partial charge in [0.05, 0.1) is 12.8 Å². The largest absolute Gasteiger partial charge is 0.495 e. The Morgan fingerprint density at radius 1 is 0.903 bits per heavy atom. The molecule has 0 aliphatic carbocycles. The summed E-state index contributed by atoms with van der Waals surface area (Å²) in [7, 11) is 1.71. The van der Waals surface area contributed by atoms with E-state index >= 15 is 0 Å². The van der Waals surface area contributed by atoms with Gasteiger partial charge in [0, 0.05) is 55.5 Å². The van der Waals surface area contributed by atoms with E-state index in [4.69, 9.17) is 9.15 Å². The molecule has 0 atom stereocenters. The van der Waals surface area contributed by atoms with Crippen LogP contribution in [0.25, 0.3) is 21.9 Å². The maximum Gasteiger partial charge on any atom is 0.164 e. The number of ether oxygens (including phenoxy) is 1. The Morgan fingerprint density at radius 3 is 2.48 bits per heavy atom. The normalized spacial score (nSPS) is 14.9. The summed E-state index contributed by atoms with van der Waals surface area (Å²) < 4.78 is 11.4. The van der Waals surface area contributed by atoms with Gasteiger partial charge in [0.2, 0.25) is 0 Å². The van der Waals surface area contributed by atoms with Gasteiger partial charge in [-0.25, -0.2) is 0 Å². The molecule has 5 rings (SSSR count). The lowest BCUT2D eigenvalue weighted by Crippen LogP contribution is -2.47. The highest BCUT2D eigenvalue weighted by Crippen LogP contribution is 2.30. The third kappa shape index (κ3) is 3.89. The van der Waals surface area contributed by atoms with Crippen LogP contribution < -0.4 is 9.64 Å². The molecule has 158 valence electrons. The molecule has 5 heteroatoms. The van der Waals surface area contributed by atoms with Crippen molar-refractivity contribution in [3.8, 4) is 5.75 Å². The Balaban J connectivity index is 1.21. The number of hydrogen-bond acceptors (Lipinski definition) is 5. The lowest BCUT2D eigenvalue weighted by Gasteiger charge is -2.36. The number of rotatable bonds is 6. The number of ketones is 1. The molecule has 5 nitrogen and oxygen atoms in total. The van der Waals surface area contributed by atoms with Gasteiger partial charge in [-0.05, 0) is 36.4 Å². The van der Waals surface area contributed by atoms with Gasteiger partial charge < -0.3 is 14.1 Å². The SMILES string of the molecule is COc1ccccc1N1CCN(CCC(=O)c2ccc3oc4ccccc4c3c2)CC1. The second-order valence-electron chi connectivity index (χ2n) is 7.98. The second kappa shape index (κ2) is 8.44. The maximum absolute atomic E-state index is 12.9. The molecule has 1 aliphatic rings. The summed E-state index contributed by atoms with van der Waals surface area (Å²) in [6.07, 6.45) is 0.524. The van der Waals surface area contributed by atoms with Crippen molar-refractivity contribution in [2.75, 3.05) is 44.7 Å². The van der Waals surface area contributed by atoms with Crippen LogP contribution in [0.5, 0.6) is 5.75 Å². The zero-order valence-electron chi connectivity index (χ0n) is 17.7. The van der Waals surface area contributed by atoms with E-state index in [0.717, 1.165) is 71.7 Å². The summed E-state index contributed by atoms with van der Waals surface area (Å²) in [5.74, 6) is 1.09. The van der Waals surface area contributed by atoms with E-state index in [2.05, 4.69) is 15.9 Å². The topological polar surface area (TPSA) is 45.9 Å². The third-order valence-electron chi connectivity index (χ3n) is 6.15. The van der Waals surface area contributed by atoms with E-state index in [-0.39, 0.29) is 5.78 Å². The van der Waals surface area contributed by atoms with Gasteiger partial charge in [0.25, 0.3) is 0 Å². The van der Waals surface area contributed by atoms with Crippen LogP contribution in [-0.2, 0) is 0 Å². The van der Waals surface area contributed by atoms with Gasteiger partial charge in [0.15, 0.2) is 5.78 Å². The minimum atomic E-state index is 0.180. The van der Waals surface area contributed by atoms with Gasteiger partial charge in [0.1, 0.15) is 16.9 Å². The number of benzene rings is 3. The number of Topliss-reactive ketones (excluding diaryl/α,β-unsaturated/α-hetero) is 1. The van der Waals surface area contributed by atoms with E-state index in [1.165, 1.54) is 0 Å². The van der Waals surface area contributed by atoms with Crippen LogP contribution in [-0.4, -0.2) is 50.5 Å². The molecule has 31 heavy (non-hydrogen) atoms. The number of methoxy groups -OCH3 is 1. The first kappa shape index (κ1) is 19.6. The minimum Gasteiger partial charge on any atom is -0.495 e. The molecule has 0 saturated carbocycles. The highest BCUT2D eigenvalue weighted by molar-refractivity contribution is 6.08. The van der Waals surface area contributed by atoms with Gasteiger partial charge in [-0.3, -0.25) is 9.69 Å². The van der Waals surface area contributed by atoms with Crippen LogP contribution in [0.3, 0.4) is 0 Å². The fourth-order valence-electron chi connectivity index (χ4n) is 4.41. The fraction of sp³-hybridized carbons (Fsp3) is 0.269. The monoisotopic (exact) mass is 414 g/mol. The van der Waals surface area contributed by atoms with E-state index in [1.807, 2.05) is 60.7 Å². The molecule has 4 aromatic rings. The quantitative estimate of drug-likeness (QED) is 0.416. The molecule has 0 amide bonds. The summed E-state index contributed by atoms with van der Waals surface area (Å²) in [6, 6.07) is 21.9. The fourth-order valence-corrected chi connectivity index (χ4v) is 4.41. The minimum absolute atomic E-state index is 0.180. The van der Waals surface area contributed by atoms with E-state index in [0.29, 0.717) is 6.42 Å². The summed E-state index contributed by atoms with van der Waals surface area (Å²) in [4.78, 5) is 17.6. The van der Waals surface area contributed by atoms with Crippen molar-refractivity contribution in [3.63, 3.8) is 0 Å². The van der Waals surface area contributed by atoms with Crippen LogP contribution in [0, 0.1) is 0 Å². The van der Waals surface area contributed by atoms with Crippen LogP contribution in [0.15, 0.2) is 71.1 Å². The molecule has 1 fully saturated rings. The molecular formula is C26H26N2O3. The third-order valence-corrected chi connectivity index (χ3v) is 6.15. The second-order valence-corrected chi connectivity index (χ2v) is 7.98. The van der Waals surface area contributed by atoms with Crippen molar-refractivity contribution in [2.45, 2.75) is 6.42 Å². The molecule has 0 unspecified atom stereocenters. The molecule has 0 bridgehead atoms. The van der Waals surface area contributed by atoms with Crippen molar-refractivity contribution in [2.24, 2.45) is 0 Å². The number of hydrogen-bond donors (Lipinski definition) is 0. The molecule has 1 saturated heterocycles. The Kier molecular flexibility index (Phi) is 5.35. The number of furan rings is 1. The summed E-state index contributed by atoms with van der Waals surface area (Å²) in [6.45, 7) is 4.53. The Bertz CT molecular complexity index is 1220. The van der Waals surface area contributed by atoms with Crippen LogP contribution >= 0.6 is 0 Å². The van der Waals surface area contributed by atoms with Gasteiger partial charge in [-0.15, -0.1) is 0 Å². The number of piperazine rings is 1. The molecule has 1 aromatic heterocycles. The zero-order chi connectivity index (χ0) is 21.2. The van der Waals surface area contributed by atoms with Crippen LogP contribution in [0.2, 0.25) is 0 Å². The first-order chi connectivity index (χ1) is 15.2. The van der Waals surface area contributed by atoms with E-state index in [9.17, 15) is 4.79 Å².